The van der Waals surface area contributed by atoms with Gasteiger partial charge in [-0.15, -0.1) is 0 Å². The summed E-state index contributed by atoms with van der Waals surface area (Å²) in [5, 5.41) is 0.180. The van der Waals surface area contributed by atoms with E-state index in [1.54, 1.807) is 0 Å². The zero-order chi connectivity index (χ0) is 19.3. The van der Waals surface area contributed by atoms with E-state index in [1.165, 1.54) is 0 Å². The van der Waals surface area contributed by atoms with E-state index >= 15 is 0 Å². The van der Waals surface area contributed by atoms with E-state index in [4.69, 9.17) is 13.7 Å². The van der Waals surface area contributed by atoms with Crippen molar-refractivity contribution in [1.29, 1.82) is 0 Å². The van der Waals surface area contributed by atoms with Crippen molar-refractivity contribution in [1.82, 2.24) is 4.98 Å². The first-order valence-corrected chi connectivity index (χ1v) is 12.0. The molecule has 1 aliphatic heterocycles. The molecule has 0 aromatic carbocycles. The molecular weight excluding hydrogens is 329 g/mol. The molecule has 0 N–H and O–H groups in total. The Morgan fingerprint density at radius 1 is 1.12 bits per heavy atom. The molecule has 0 bridgehead atoms. The topological polar surface area (TPSA) is 40.6 Å². The summed E-state index contributed by atoms with van der Waals surface area (Å²) in [7, 11) is -2.23. The van der Waals surface area contributed by atoms with Gasteiger partial charge >= 0.3 is 7.12 Å². The molecule has 0 unspecified atom stereocenters. The maximum atomic E-state index is 6.44. The SMILES string of the molecule is Cc1cc(CO[Si](C)(C)C(C)(C)C)c(B2OC(C)(C)C(C)(C)O2)cn1. The Balaban J connectivity index is 2.28. The van der Waals surface area contributed by atoms with E-state index in [0.29, 0.717) is 6.61 Å². The van der Waals surface area contributed by atoms with Crippen molar-refractivity contribution in [3.05, 3.63) is 23.5 Å². The smallest absolute Gasteiger partial charge is 0.413 e. The zero-order valence-electron chi connectivity index (χ0n) is 17.6. The highest BCUT2D eigenvalue weighted by Crippen LogP contribution is 2.38. The van der Waals surface area contributed by atoms with Crippen LogP contribution in [0.1, 0.15) is 59.7 Å². The lowest BCUT2D eigenvalue weighted by Crippen LogP contribution is -2.42. The largest absolute Gasteiger partial charge is 0.496 e. The van der Waals surface area contributed by atoms with Crippen molar-refractivity contribution in [2.75, 3.05) is 0 Å². The van der Waals surface area contributed by atoms with E-state index in [9.17, 15) is 0 Å². The molecule has 25 heavy (non-hydrogen) atoms. The van der Waals surface area contributed by atoms with E-state index in [2.05, 4.69) is 72.6 Å². The molecule has 4 nitrogen and oxygen atoms in total. The van der Waals surface area contributed by atoms with Crippen molar-refractivity contribution in [3.8, 4) is 0 Å². The van der Waals surface area contributed by atoms with E-state index in [-0.39, 0.29) is 16.2 Å². The predicted molar refractivity (Wildman–Crippen MR) is 107 cm³/mol. The molecule has 0 radical (unpaired) electrons. The minimum absolute atomic E-state index is 0.180. The summed E-state index contributed by atoms with van der Waals surface area (Å²) in [4.78, 5) is 4.47. The molecule has 1 aromatic rings. The number of pyridine rings is 1. The van der Waals surface area contributed by atoms with Crippen molar-refractivity contribution >= 4 is 20.9 Å². The molecular formula is C19H34BNO3Si. The molecule has 0 saturated carbocycles. The Morgan fingerprint density at radius 2 is 1.64 bits per heavy atom. The quantitative estimate of drug-likeness (QED) is 0.752. The highest BCUT2D eigenvalue weighted by molar-refractivity contribution is 6.74. The van der Waals surface area contributed by atoms with E-state index in [1.807, 2.05) is 13.1 Å². The molecule has 1 saturated heterocycles. The van der Waals surface area contributed by atoms with Gasteiger partial charge in [-0.1, -0.05) is 20.8 Å². The first-order chi connectivity index (χ1) is 11.2. The minimum Gasteiger partial charge on any atom is -0.413 e. The van der Waals surface area contributed by atoms with Gasteiger partial charge in [-0.2, -0.15) is 0 Å². The summed E-state index contributed by atoms with van der Waals surface area (Å²) in [5.41, 5.74) is 2.34. The molecule has 0 spiro atoms. The van der Waals surface area contributed by atoms with E-state index < -0.39 is 15.4 Å². The Hall–Kier alpha value is -0.688. The van der Waals surface area contributed by atoms with Gasteiger partial charge in [0.2, 0.25) is 0 Å². The van der Waals surface area contributed by atoms with Crippen LogP contribution in [0.4, 0.5) is 0 Å². The molecule has 140 valence electrons. The zero-order valence-corrected chi connectivity index (χ0v) is 18.6. The fourth-order valence-electron chi connectivity index (χ4n) is 2.41. The number of hydrogen-bond acceptors (Lipinski definition) is 4. The van der Waals surface area contributed by atoms with Gasteiger partial charge < -0.3 is 13.7 Å². The molecule has 2 rings (SSSR count). The molecule has 0 atom stereocenters. The first-order valence-electron chi connectivity index (χ1n) is 9.11. The van der Waals surface area contributed by atoms with Crippen LogP contribution in [0.25, 0.3) is 0 Å². The Labute approximate surface area is 154 Å². The Bertz CT molecular complexity index is 622. The Kier molecular flexibility index (Phi) is 5.35. The average Bonchev–Trinajstić information content (AvgIpc) is 2.64. The standard InChI is InChI=1S/C19H34BNO3Si/c1-14-11-15(13-22-25(9,10)17(2,3)4)16(12-21-14)20-23-18(5,6)19(7,8)24-20/h11-12H,13H2,1-10H3. The number of hydrogen-bond donors (Lipinski definition) is 0. The second kappa shape index (κ2) is 6.48. The average molecular weight is 363 g/mol. The van der Waals surface area contributed by atoms with Crippen LogP contribution in [0.5, 0.6) is 0 Å². The molecule has 0 aliphatic carbocycles. The monoisotopic (exact) mass is 363 g/mol. The highest BCUT2D eigenvalue weighted by Gasteiger charge is 2.52. The van der Waals surface area contributed by atoms with Crippen molar-refractivity contribution in [2.24, 2.45) is 0 Å². The lowest BCUT2D eigenvalue weighted by molar-refractivity contribution is 0.00578. The normalized spacial score (nSPS) is 20.2. The lowest BCUT2D eigenvalue weighted by Gasteiger charge is -2.36. The summed E-state index contributed by atoms with van der Waals surface area (Å²) in [6.07, 6.45) is 1.88. The second-order valence-electron chi connectivity index (χ2n) is 9.66. The summed E-state index contributed by atoms with van der Waals surface area (Å²) < 4.78 is 18.9. The third-order valence-electron chi connectivity index (χ3n) is 6.06. The van der Waals surface area contributed by atoms with Crippen LogP contribution in [0.15, 0.2) is 12.3 Å². The van der Waals surface area contributed by atoms with Crippen LogP contribution >= 0.6 is 0 Å². The maximum absolute atomic E-state index is 6.44. The molecule has 1 fully saturated rings. The summed E-state index contributed by atoms with van der Waals surface area (Å²) in [6.45, 7) is 22.2. The highest BCUT2D eigenvalue weighted by atomic mass is 28.4. The number of aromatic nitrogens is 1. The van der Waals surface area contributed by atoms with Crippen molar-refractivity contribution in [2.45, 2.75) is 91.3 Å². The third kappa shape index (κ3) is 4.18. The first kappa shape index (κ1) is 20.6. The molecule has 1 aromatic heterocycles. The molecule has 0 amide bonds. The second-order valence-corrected chi connectivity index (χ2v) is 14.5. The molecule has 6 heteroatoms. The minimum atomic E-state index is -1.83. The van der Waals surface area contributed by atoms with Gasteiger partial charge in [0.1, 0.15) is 0 Å². The van der Waals surface area contributed by atoms with Gasteiger partial charge in [0.15, 0.2) is 8.32 Å². The van der Waals surface area contributed by atoms with Crippen molar-refractivity contribution in [3.63, 3.8) is 0 Å². The number of rotatable bonds is 4. The van der Waals surface area contributed by atoms with Gasteiger partial charge in [0.25, 0.3) is 0 Å². The van der Waals surface area contributed by atoms with Crippen LogP contribution in [0.3, 0.4) is 0 Å². The van der Waals surface area contributed by atoms with Crippen LogP contribution in [-0.2, 0) is 20.3 Å². The lowest BCUT2D eigenvalue weighted by atomic mass is 9.77. The van der Waals surface area contributed by atoms with Gasteiger partial charge in [-0.3, -0.25) is 4.98 Å². The third-order valence-corrected chi connectivity index (χ3v) is 10.5. The molecule has 2 heterocycles. The van der Waals surface area contributed by atoms with Gasteiger partial charge in [-0.05, 0) is 64.4 Å². The van der Waals surface area contributed by atoms with E-state index in [0.717, 1.165) is 16.7 Å². The number of aryl methyl sites for hydroxylation is 1. The van der Waals surface area contributed by atoms with Crippen LogP contribution in [0.2, 0.25) is 18.1 Å². The predicted octanol–water partition coefficient (Wildman–Crippen LogP) is 4.21. The van der Waals surface area contributed by atoms with Gasteiger partial charge in [0, 0.05) is 17.4 Å². The fraction of sp³-hybridized carbons (Fsp3) is 0.737. The van der Waals surface area contributed by atoms with Gasteiger partial charge in [0.05, 0.1) is 17.8 Å². The summed E-state index contributed by atoms with van der Waals surface area (Å²) in [5.74, 6) is 0. The molecule has 1 aliphatic rings. The van der Waals surface area contributed by atoms with Crippen LogP contribution in [-0.4, -0.2) is 31.6 Å². The summed E-state index contributed by atoms with van der Waals surface area (Å²) >= 11 is 0. The van der Waals surface area contributed by atoms with Crippen LogP contribution in [0, 0.1) is 6.92 Å². The summed E-state index contributed by atoms with van der Waals surface area (Å²) in [6, 6.07) is 2.09. The van der Waals surface area contributed by atoms with Gasteiger partial charge in [-0.25, -0.2) is 0 Å². The number of nitrogens with zero attached hydrogens (tertiary/aromatic N) is 1. The van der Waals surface area contributed by atoms with Crippen molar-refractivity contribution < 1.29 is 13.7 Å². The Morgan fingerprint density at radius 3 is 2.12 bits per heavy atom. The maximum Gasteiger partial charge on any atom is 0.496 e. The fourth-order valence-corrected chi connectivity index (χ4v) is 3.36. The van der Waals surface area contributed by atoms with Crippen LogP contribution < -0.4 is 5.46 Å².